The van der Waals surface area contributed by atoms with Gasteiger partial charge in [-0.15, -0.1) is 0 Å². The Hall–Kier alpha value is -2.54. The number of benzene rings is 1. The summed E-state index contributed by atoms with van der Waals surface area (Å²) >= 11 is 0. The number of rotatable bonds is 3. The summed E-state index contributed by atoms with van der Waals surface area (Å²) in [6, 6.07) is 9.42. The van der Waals surface area contributed by atoms with Crippen molar-refractivity contribution in [2.45, 2.75) is 5.16 Å². The van der Waals surface area contributed by atoms with Crippen LogP contribution in [0.4, 0.5) is 4.39 Å². The van der Waals surface area contributed by atoms with Crippen LogP contribution in [0.1, 0.15) is 0 Å². The van der Waals surface area contributed by atoms with E-state index in [2.05, 4.69) is 15.0 Å². The van der Waals surface area contributed by atoms with Crippen LogP contribution in [-0.4, -0.2) is 29.6 Å². The molecule has 7 heteroatoms. The Bertz CT molecular complexity index is 918. The van der Waals surface area contributed by atoms with Crippen molar-refractivity contribution in [3.05, 3.63) is 54.6 Å². The monoisotopic (exact) mass is 317 g/mol. The predicted molar refractivity (Wildman–Crippen MR) is 80.3 cm³/mol. The number of hydrogen-bond donors (Lipinski definition) is 1. The molecule has 0 saturated heterocycles. The molecule has 0 aliphatic rings. The molecule has 0 amide bonds. The number of sulfone groups is 1. The molecule has 1 N–H and O–H groups in total. The quantitative estimate of drug-likeness (QED) is 0.754. The second kappa shape index (κ2) is 5.34. The second-order valence-electron chi connectivity index (χ2n) is 4.77. The molecule has 1 aromatic carbocycles. The van der Waals surface area contributed by atoms with Crippen molar-refractivity contribution in [2.75, 3.05) is 6.26 Å². The van der Waals surface area contributed by atoms with Gasteiger partial charge in [0.25, 0.3) is 0 Å². The van der Waals surface area contributed by atoms with Gasteiger partial charge in [0.05, 0.1) is 11.4 Å². The molecule has 5 nitrogen and oxygen atoms in total. The van der Waals surface area contributed by atoms with Crippen LogP contribution in [0.25, 0.3) is 22.5 Å². The molecular formula is C15H12FN3O2S. The van der Waals surface area contributed by atoms with Crippen molar-refractivity contribution >= 4 is 9.84 Å². The standard InChI is InChI=1S/C15H12FN3O2S/c1-22(20,21)15-18-9-7-13(19-15)12-6-8-17-14(12)10-2-4-11(16)5-3-10/h2-9,17H,1H3. The molecular weight excluding hydrogens is 305 g/mol. The van der Waals surface area contributed by atoms with E-state index in [0.717, 1.165) is 23.1 Å². The fourth-order valence-electron chi connectivity index (χ4n) is 2.11. The number of aromatic amines is 1. The average Bonchev–Trinajstić information content (AvgIpc) is 2.97. The number of aromatic nitrogens is 3. The Morgan fingerprint density at radius 3 is 2.50 bits per heavy atom. The Morgan fingerprint density at radius 2 is 1.82 bits per heavy atom. The summed E-state index contributed by atoms with van der Waals surface area (Å²) in [7, 11) is -3.48. The third-order valence-corrected chi connectivity index (χ3v) is 3.98. The first-order valence-corrected chi connectivity index (χ1v) is 8.31. The van der Waals surface area contributed by atoms with Crippen molar-refractivity contribution in [3.63, 3.8) is 0 Å². The van der Waals surface area contributed by atoms with Crippen LogP contribution in [0.15, 0.2) is 53.9 Å². The van der Waals surface area contributed by atoms with E-state index in [-0.39, 0.29) is 11.0 Å². The van der Waals surface area contributed by atoms with Gasteiger partial charge in [-0.05, 0) is 42.0 Å². The van der Waals surface area contributed by atoms with Gasteiger partial charge in [0.15, 0.2) is 0 Å². The molecule has 0 bridgehead atoms. The van der Waals surface area contributed by atoms with E-state index < -0.39 is 9.84 Å². The number of nitrogens with one attached hydrogen (secondary N) is 1. The SMILES string of the molecule is CS(=O)(=O)c1nccc(-c2cc[nH]c2-c2ccc(F)cc2)n1. The first-order valence-electron chi connectivity index (χ1n) is 6.42. The molecule has 0 unspecified atom stereocenters. The van der Waals surface area contributed by atoms with E-state index in [9.17, 15) is 12.8 Å². The maximum absolute atomic E-state index is 13.0. The maximum Gasteiger partial charge on any atom is 0.247 e. The highest BCUT2D eigenvalue weighted by Crippen LogP contribution is 2.30. The smallest absolute Gasteiger partial charge is 0.247 e. The molecule has 0 atom stereocenters. The van der Waals surface area contributed by atoms with Crippen LogP contribution in [0.2, 0.25) is 0 Å². The predicted octanol–water partition coefficient (Wildman–Crippen LogP) is 2.68. The number of halogens is 1. The molecule has 2 heterocycles. The average molecular weight is 317 g/mol. The van der Waals surface area contributed by atoms with E-state index in [1.54, 1.807) is 30.5 Å². The van der Waals surface area contributed by atoms with Gasteiger partial charge in [0.1, 0.15) is 5.82 Å². The van der Waals surface area contributed by atoms with Gasteiger partial charge in [-0.1, -0.05) is 0 Å². The summed E-state index contributed by atoms with van der Waals surface area (Å²) in [5, 5.41) is -0.226. The van der Waals surface area contributed by atoms with E-state index in [1.807, 2.05) is 0 Å². The summed E-state index contributed by atoms with van der Waals surface area (Å²) in [5.41, 5.74) is 2.72. The zero-order valence-corrected chi connectivity index (χ0v) is 12.4. The Balaban J connectivity index is 2.11. The van der Waals surface area contributed by atoms with Crippen LogP contribution in [0.5, 0.6) is 0 Å². The summed E-state index contributed by atoms with van der Waals surface area (Å²) in [6.07, 6.45) is 4.18. The Morgan fingerprint density at radius 1 is 1.09 bits per heavy atom. The summed E-state index contributed by atoms with van der Waals surface area (Å²) in [4.78, 5) is 10.9. The lowest BCUT2D eigenvalue weighted by Gasteiger charge is -2.05. The van der Waals surface area contributed by atoms with Gasteiger partial charge in [0.2, 0.25) is 15.0 Å². The van der Waals surface area contributed by atoms with Crippen LogP contribution in [-0.2, 0) is 9.84 Å². The van der Waals surface area contributed by atoms with Crippen molar-refractivity contribution in [1.82, 2.24) is 15.0 Å². The van der Waals surface area contributed by atoms with Crippen LogP contribution < -0.4 is 0 Å². The van der Waals surface area contributed by atoms with Gasteiger partial charge < -0.3 is 4.98 Å². The number of nitrogens with zero attached hydrogens (tertiary/aromatic N) is 2. The minimum Gasteiger partial charge on any atom is -0.361 e. The van der Waals surface area contributed by atoms with Gasteiger partial charge >= 0.3 is 0 Å². The minimum atomic E-state index is -3.48. The van der Waals surface area contributed by atoms with Crippen LogP contribution in [0, 0.1) is 5.82 Å². The lowest BCUT2D eigenvalue weighted by atomic mass is 10.1. The third kappa shape index (κ3) is 2.75. The number of hydrogen-bond acceptors (Lipinski definition) is 4. The Kier molecular flexibility index (Phi) is 3.50. The Labute approximate surface area is 126 Å². The molecule has 22 heavy (non-hydrogen) atoms. The normalized spacial score (nSPS) is 11.5. The molecule has 0 aliphatic carbocycles. The van der Waals surface area contributed by atoms with Crippen LogP contribution in [0.3, 0.4) is 0 Å². The second-order valence-corrected chi connectivity index (χ2v) is 6.68. The van der Waals surface area contributed by atoms with Gasteiger partial charge in [-0.2, -0.15) is 0 Å². The van der Waals surface area contributed by atoms with E-state index in [0.29, 0.717) is 5.69 Å². The molecule has 0 saturated carbocycles. The fourth-order valence-corrected chi connectivity index (χ4v) is 2.62. The van der Waals surface area contributed by atoms with E-state index in [1.165, 1.54) is 18.3 Å². The van der Waals surface area contributed by atoms with E-state index in [4.69, 9.17) is 0 Å². The molecule has 0 fully saturated rings. The zero-order chi connectivity index (χ0) is 15.7. The van der Waals surface area contributed by atoms with Crippen molar-refractivity contribution < 1.29 is 12.8 Å². The highest BCUT2D eigenvalue weighted by Gasteiger charge is 2.15. The van der Waals surface area contributed by atoms with Crippen molar-refractivity contribution in [1.29, 1.82) is 0 Å². The minimum absolute atomic E-state index is 0.226. The third-order valence-electron chi connectivity index (χ3n) is 3.12. The lowest BCUT2D eigenvalue weighted by Crippen LogP contribution is -2.04. The zero-order valence-electron chi connectivity index (χ0n) is 11.6. The molecule has 112 valence electrons. The van der Waals surface area contributed by atoms with Crippen molar-refractivity contribution in [3.8, 4) is 22.5 Å². The topological polar surface area (TPSA) is 75.7 Å². The molecule has 0 radical (unpaired) electrons. The number of H-pyrrole nitrogens is 1. The largest absolute Gasteiger partial charge is 0.361 e. The summed E-state index contributed by atoms with van der Waals surface area (Å²) < 4.78 is 36.2. The lowest BCUT2D eigenvalue weighted by molar-refractivity contribution is 0.593. The van der Waals surface area contributed by atoms with Crippen LogP contribution >= 0.6 is 0 Å². The van der Waals surface area contributed by atoms with Crippen molar-refractivity contribution in [2.24, 2.45) is 0 Å². The summed E-state index contributed by atoms with van der Waals surface area (Å²) in [5.74, 6) is -0.321. The molecule has 0 spiro atoms. The van der Waals surface area contributed by atoms with Gasteiger partial charge in [0, 0.05) is 24.2 Å². The first kappa shape index (κ1) is 14.4. The molecule has 3 rings (SSSR count). The fraction of sp³-hybridized carbons (Fsp3) is 0.0667. The first-order chi connectivity index (χ1) is 10.4. The molecule has 0 aliphatic heterocycles. The highest BCUT2D eigenvalue weighted by atomic mass is 32.2. The molecule has 2 aromatic heterocycles. The maximum atomic E-state index is 13.0. The van der Waals surface area contributed by atoms with E-state index >= 15 is 0 Å². The summed E-state index contributed by atoms with van der Waals surface area (Å²) in [6.45, 7) is 0. The molecule has 3 aromatic rings. The van der Waals surface area contributed by atoms with Gasteiger partial charge in [-0.25, -0.2) is 22.8 Å². The van der Waals surface area contributed by atoms with Gasteiger partial charge in [-0.3, -0.25) is 0 Å². The highest BCUT2D eigenvalue weighted by molar-refractivity contribution is 7.90.